The molecule has 380 valence electrons. The molecule has 0 fully saturated rings. The quantitative estimate of drug-likeness (QED) is 0.0344. The van der Waals surface area contributed by atoms with E-state index < -0.39 is 6.10 Å². The van der Waals surface area contributed by atoms with Crippen LogP contribution in [0, 0.1) is 17.8 Å². The average molecular weight is 906 g/mol. The first-order chi connectivity index (χ1) is 31.1. The smallest absolute Gasteiger partial charge is 0.306 e. The minimum Gasteiger partial charge on any atom is -0.462 e. The molecule has 0 saturated heterocycles. The maximum atomic E-state index is 12.8. The van der Waals surface area contributed by atoms with Crippen molar-refractivity contribution in [3.05, 3.63) is 0 Å². The molecule has 0 spiro atoms. The van der Waals surface area contributed by atoms with Crippen LogP contribution in [0.5, 0.6) is 0 Å². The predicted octanol–water partition coefficient (Wildman–Crippen LogP) is 18.7. The number of hydrogen-bond donors (Lipinski definition) is 0. The molecule has 2 atom stereocenters. The van der Waals surface area contributed by atoms with Crippen LogP contribution in [-0.2, 0) is 28.6 Å². The first-order valence-corrected chi connectivity index (χ1v) is 28.6. The standard InChI is InChI=1S/C58H112O6/c1-7-54(6)46-40-34-28-24-25-30-36-42-48-57(60)63-51-55(64-58(61)49-43-37-31-23-19-18-21-27-33-39-45-53(4)5)50-62-56(59)47-41-35-29-22-17-15-13-11-9-8-10-12-14-16-20-26-32-38-44-52(2)3/h52-55H,7-51H2,1-6H3/t54?,55-/m0/s1. The molecule has 0 saturated carbocycles. The SMILES string of the molecule is CCC(C)CCCCCCCCCCC(=O)OC[C@H](COC(=O)CCCCCCCCCCCCCCCCCCCCC(C)C)OC(=O)CCCCCCCCCCCCC(C)C. The zero-order valence-corrected chi connectivity index (χ0v) is 44.1. The van der Waals surface area contributed by atoms with E-state index in [4.69, 9.17) is 14.2 Å². The molecule has 0 aliphatic rings. The van der Waals surface area contributed by atoms with Crippen molar-refractivity contribution in [3.8, 4) is 0 Å². The first kappa shape index (κ1) is 62.4. The second-order valence-electron chi connectivity index (χ2n) is 21.1. The van der Waals surface area contributed by atoms with E-state index >= 15 is 0 Å². The molecule has 6 heteroatoms. The van der Waals surface area contributed by atoms with Crippen LogP contribution in [0.4, 0.5) is 0 Å². The van der Waals surface area contributed by atoms with Crippen LogP contribution >= 0.6 is 0 Å². The van der Waals surface area contributed by atoms with Crippen LogP contribution in [-0.4, -0.2) is 37.2 Å². The lowest BCUT2D eigenvalue weighted by molar-refractivity contribution is -0.167. The number of carbonyl (C=O) groups is 3. The van der Waals surface area contributed by atoms with Crippen LogP contribution in [0.2, 0.25) is 0 Å². The zero-order chi connectivity index (χ0) is 47.0. The predicted molar refractivity (Wildman–Crippen MR) is 275 cm³/mol. The molecule has 0 bridgehead atoms. The molecule has 6 nitrogen and oxygen atoms in total. The Hall–Kier alpha value is -1.59. The van der Waals surface area contributed by atoms with Gasteiger partial charge in [0.2, 0.25) is 0 Å². The lowest BCUT2D eigenvalue weighted by atomic mass is 9.99. The van der Waals surface area contributed by atoms with Gasteiger partial charge in [0.15, 0.2) is 6.10 Å². The maximum absolute atomic E-state index is 12.8. The van der Waals surface area contributed by atoms with Gasteiger partial charge in [-0.15, -0.1) is 0 Å². The molecule has 0 aliphatic carbocycles. The van der Waals surface area contributed by atoms with E-state index in [1.165, 1.54) is 199 Å². The summed E-state index contributed by atoms with van der Waals surface area (Å²) in [6.45, 7) is 13.8. The second kappa shape index (κ2) is 49.3. The molecule has 0 aromatic carbocycles. The average Bonchev–Trinajstić information content (AvgIpc) is 3.27. The Bertz CT molecular complexity index is 993. The number of rotatable bonds is 51. The summed E-state index contributed by atoms with van der Waals surface area (Å²) in [4.78, 5) is 38.1. The minimum atomic E-state index is -0.764. The Morgan fingerprint density at radius 3 is 0.812 bits per heavy atom. The zero-order valence-electron chi connectivity index (χ0n) is 44.1. The molecular formula is C58H112O6. The van der Waals surface area contributed by atoms with Crippen molar-refractivity contribution in [2.24, 2.45) is 17.8 Å². The Labute approximate surface area is 399 Å². The van der Waals surface area contributed by atoms with Crippen molar-refractivity contribution in [2.75, 3.05) is 13.2 Å². The largest absolute Gasteiger partial charge is 0.462 e. The van der Waals surface area contributed by atoms with Gasteiger partial charge in [0.05, 0.1) is 0 Å². The Morgan fingerprint density at radius 1 is 0.312 bits per heavy atom. The molecule has 0 aromatic heterocycles. The van der Waals surface area contributed by atoms with Gasteiger partial charge < -0.3 is 14.2 Å². The van der Waals surface area contributed by atoms with Crippen molar-refractivity contribution in [2.45, 2.75) is 324 Å². The monoisotopic (exact) mass is 905 g/mol. The summed E-state index contributed by atoms with van der Waals surface area (Å²) in [5.74, 6) is 1.68. The lowest BCUT2D eigenvalue weighted by Gasteiger charge is -2.18. The third kappa shape index (κ3) is 49.8. The van der Waals surface area contributed by atoms with Gasteiger partial charge >= 0.3 is 17.9 Å². The summed E-state index contributed by atoms with van der Waals surface area (Å²) in [5.41, 5.74) is 0. The van der Waals surface area contributed by atoms with Gasteiger partial charge in [-0.05, 0) is 37.0 Å². The Balaban J connectivity index is 4.23. The van der Waals surface area contributed by atoms with Crippen molar-refractivity contribution in [1.29, 1.82) is 0 Å². The van der Waals surface area contributed by atoms with E-state index in [9.17, 15) is 14.4 Å². The van der Waals surface area contributed by atoms with E-state index in [1.807, 2.05) is 0 Å². The maximum Gasteiger partial charge on any atom is 0.306 e. The number of carbonyl (C=O) groups excluding carboxylic acids is 3. The summed E-state index contributed by atoms with van der Waals surface area (Å²) in [5, 5.41) is 0. The highest BCUT2D eigenvalue weighted by Gasteiger charge is 2.19. The molecule has 64 heavy (non-hydrogen) atoms. The van der Waals surface area contributed by atoms with Crippen molar-refractivity contribution in [3.63, 3.8) is 0 Å². The summed E-state index contributed by atoms with van der Waals surface area (Å²) in [6.07, 6.45) is 51.0. The third-order valence-electron chi connectivity index (χ3n) is 13.5. The fourth-order valence-electron chi connectivity index (χ4n) is 8.79. The van der Waals surface area contributed by atoms with E-state index in [2.05, 4.69) is 41.5 Å². The molecule has 0 radical (unpaired) electrons. The van der Waals surface area contributed by atoms with Crippen molar-refractivity contribution >= 4 is 17.9 Å². The van der Waals surface area contributed by atoms with Gasteiger partial charge in [-0.2, -0.15) is 0 Å². The summed E-state index contributed by atoms with van der Waals surface area (Å²) in [7, 11) is 0. The highest BCUT2D eigenvalue weighted by molar-refractivity contribution is 5.71. The van der Waals surface area contributed by atoms with Gasteiger partial charge in [0.1, 0.15) is 13.2 Å². The van der Waals surface area contributed by atoms with Crippen LogP contribution in [0.3, 0.4) is 0 Å². The van der Waals surface area contributed by atoms with Crippen LogP contribution in [0.1, 0.15) is 318 Å². The number of ether oxygens (including phenoxy) is 3. The fourth-order valence-corrected chi connectivity index (χ4v) is 8.79. The molecule has 0 rings (SSSR count). The molecule has 1 unspecified atom stereocenters. The minimum absolute atomic E-state index is 0.0641. The Kier molecular flexibility index (Phi) is 48.1. The first-order valence-electron chi connectivity index (χ1n) is 28.6. The number of unbranched alkanes of at least 4 members (excludes halogenated alkanes) is 33. The molecule has 0 N–H and O–H groups in total. The third-order valence-corrected chi connectivity index (χ3v) is 13.5. The fraction of sp³-hybridized carbons (Fsp3) is 0.948. The van der Waals surface area contributed by atoms with E-state index in [-0.39, 0.29) is 31.1 Å². The topological polar surface area (TPSA) is 78.9 Å². The van der Waals surface area contributed by atoms with Gasteiger partial charge in [0.25, 0.3) is 0 Å². The summed E-state index contributed by atoms with van der Waals surface area (Å²) in [6, 6.07) is 0. The lowest BCUT2D eigenvalue weighted by Crippen LogP contribution is -2.30. The van der Waals surface area contributed by atoms with Gasteiger partial charge in [-0.3, -0.25) is 14.4 Å². The molecular weight excluding hydrogens is 793 g/mol. The highest BCUT2D eigenvalue weighted by Crippen LogP contribution is 2.19. The van der Waals surface area contributed by atoms with E-state index in [0.717, 1.165) is 75.5 Å². The highest BCUT2D eigenvalue weighted by atomic mass is 16.6. The second-order valence-corrected chi connectivity index (χ2v) is 21.1. The van der Waals surface area contributed by atoms with E-state index in [0.29, 0.717) is 19.3 Å². The van der Waals surface area contributed by atoms with E-state index in [1.54, 1.807) is 0 Å². The summed E-state index contributed by atoms with van der Waals surface area (Å²) >= 11 is 0. The van der Waals surface area contributed by atoms with Crippen LogP contribution < -0.4 is 0 Å². The van der Waals surface area contributed by atoms with Crippen molar-refractivity contribution in [1.82, 2.24) is 0 Å². The molecule has 0 aromatic rings. The number of hydrogen-bond acceptors (Lipinski definition) is 6. The summed E-state index contributed by atoms with van der Waals surface area (Å²) < 4.78 is 16.9. The molecule has 0 heterocycles. The van der Waals surface area contributed by atoms with Crippen LogP contribution in [0.15, 0.2) is 0 Å². The molecule has 0 aliphatic heterocycles. The number of esters is 3. The molecule has 0 amide bonds. The van der Waals surface area contributed by atoms with Gasteiger partial charge in [0, 0.05) is 19.3 Å². The van der Waals surface area contributed by atoms with Gasteiger partial charge in [-0.1, -0.05) is 279 Å². The normalized spacial score (nSPS) is 12.6. The van der Waals surface area contributed by atoms with Crippen molar-refractivity contribution < 1.29 is 28.6 Å². The Morgan fingerprint density at radius 2 is 0.547 bits per heavy atom. The van der Waals surface area contributed by atoms with Crippen LogP contribution in [0.25, 0.3) is 0 Å². The van der Waals surface area contributed by atoms with Gasteiger partial charge in [-0.25, -0.2) is 0 Å².